The van der Waals surface area contributed by atoms with Crippen molar-refractivity contribution in [2.45, 2.75) is 64.4 Å². The van der Waals surface area contributed by atoms with Gasteiger partial charge in [0.15, 0.2) is 11.6 Å². The van der Waals surface area contributed by atoms with Crippen LogP contribution in [-0.4, -0.2) is 39.8 Å². The summed E-state index contributed by atoms with van der Waals surface area (Å²) in [7, 11) is 0. The molecule has 0 aliphatic heterocycles. The number of fused-ring (bicyclic) bond motifs is 5. The number of allylic oxidation sites excluding steroid dienone is 1. The Hall–Kier alpha value is -1.04. The molecule has 0 radical (unpaired) electrons. The van der Waals surface area contributed by atoms with Crippen LogP contribution in [0.5, 0.6) is 0 Å². The van der Waals surface area contributed by atoms with Gasteiger partial charge in [-0.3, -0.25) is 14.4 Å². The topological polar surface area (TPSA) is 91.7 Å². The minimum Gasteiger partial charge on any atom is -0.388 e. The number of halogens is 1. The van der Waals surface area contributed by atoms with Crippen molar-refractivity contribution in [3.8, 4) is 0 Å². The maximum atomic E-state index is 13.3. The summed E-state index contributed by atoms with van der Waals surface area (Å²) in [4.78, 5) is 37.5. The molecule has 4 aliphatic carbocycles. The third-order valence-corrected chi connectivity index (χ3v) is 8.41. The predicted molar refractivity (Wildman–Crippen MR) is 101 cm³/mol. The number of carbonyl (C=O) groups excluding carboxylic acids is 3. The zero-order valence-electron chi connectivity index (χ0n) is 16.0. The molecule has 4 rings (SSSR count). The lowest BCUT2D eigenvalue weighted by molar-refractivity contribution is -0.170. The minimum absolute atomic E-state index is 0. The fourth-order valence-corrected chi connectivity index (χ4v) is 6.98. The fraction of sp³-hybridized carbons (Fsp3) is 0.762. The second-order valence-electron chi connectivity index (χ2n) is 9.38. The van der Waals surface area contributed by atoms with E-state index in [1.165, 1.54) is 0 Å². The Kier molecular flexibility index (Phi) is 4.98. The van der Waals surface area contributed by atoms with Gasteiger partial charge in [0.1, 0.15) is 18.0 Å². The Balaban J connectivity index is 0.00000210. The number of Topliss-reactive ketones (excluding diaryl/α,β-unsaturated/α-hetero) is 2. The van der Waals surface area contributed by atoms with Gasteiger partial charge in [0.2, 0.25) is 0 Å². The highest BCUT2D eigenvalue weighted by atomic mass is 35.5. The molecular weight excluding hydrogens is 368 g/mol. The van der Waals surface area contributed by atoms with Crippen LogP contribution in [0.1, 0.15) is 58.8 Å². The van der Waals surface area contributed by atoms with E-state index in [1.54, 1.807) is 6.08 Å². The molecule has 4 aliphatic rings. The van der Waals surface area contributed by atoms with Crippen molar-refractivity contribution in [1.29, 1.82) is 0 Å². The lowest BCUT2D eigenvalue weighted by Gasteiger charge is -2.57. The Morgan fingerprint density at radius 3 is 2.56 bits per heavy atom. The van der Waals surface area contributed by atoms with Gasteiger partial charge in [-0.25, -0.2) is 0 Å². The quantitative estimate of drug-likeness (QED) is 0.747. The van der Waals surface area contributed by atoms with Gasteiger partial charge in [-0.1, -0.05) is 19.4 Å². The SMILES string of the molecule is C[C@]12CCC(=O)C=C1CC[C@@H]1[C@@H]2C(=O)C[C@@]2(C)[C@H]1CC[C@]2(O)C(=O)CO.Cl. The van der Waals surface area contributed by atoms with E-state index < -0.39 is 23.4 Å². The van der Waals surface area contributed by atoms with Crippen LogP contribution in [-0.2, 0) is 14.4 Å². The molecule has 6 heteroatoms. The van der Waals surface area contributed by atoms with Gasteiger partial charge in [-0.15, -0.1) is 12.4 Å². The van der Waals surface area contributed by atoms with E-state index in [1.807, 2.05) is 6.92 Å². The van der Waals surface area contributed by atoms with Crippen molar-refractivity contribution < 1.29 is 24.6 Å². The normalized spacial score (nSPS) is 45.9. The molecule has 0 saturated heterocycles. The lowest BCUT2D eigenvalue weighted by Crippen LogP contribution is -2.60. The van der Waals surface area contributed by atoms with E-state index in [0.717, 1.165) is 18.4 Å². The Bertz CT molecular complexity index is 730. The standard InChI is InChI=1S/C21H28O5.ClH/c1-19-7-5-13(23)9-12(19)3-4-14-15-6-8-21(26,17(25)11-22)20(15,2)10-16(24)18(14)19;/h9,14-15,18,22,26H,3-8,10-11H2,1-2H3;1H/t14-,15-,18+,19-,20-,21-;/m0./s1. The predicted octanol–water partition coefficient (Wildman–Crippen LogP) is 2.41. The molecule has 0 aromatic heterocycles. The van der Waals surface area contributed by atoms with Crippen LogP contribution in [0.4, 0.5) is 0 Å². The van der Waals surface area contributed by atoms with Crippen molar-refractivity contribution in [1.82, 2.24) is 0 Å². The highest BCUT2D eigenvalue weighted by molar-refractivity contribution is 5.94. The zero-order valence-corrected chi connectivity index (χ0v) is 16.8. The van der Waals surface area contributed by atoms with Gasteiger partial charge in [-0.2, -0.15) is 0 Å². The van der Waals surface area contributed by atoms with Crippen LogP contribution in [0.25, 0.3) is 0 Å². The third-order valence-electron chi connectivity index (χ3n) is 8.41. The summed E-state index contributed by atoms with van der Waals surface area (Å²) in [6.45, 7) is 3.31. The zero-order chi connectivity index (χ0) is 18.9. The maximum Gasteiger partial charge on any atom is 0.190 e. The molecule has 27 heavy (non-hydrogen) atoms. The van der Waals surface area contributed by atoms with Crippen LogP contribution >= 0.6 is 12.4 Å². The minimum atomic E-state index is -1.60. The summed E-state index contributed by atoms with van der Waals surface area (Å²) in [6.07, 6.45) is 5.83. The molecule has 0 amide bonds. The molecule has 0 unspecified atom stereocenters. The van der Waals surface area contributed by atoms with Crippen LogP contribution in [0.15, 0.2) is 11.6 Å². The second-order valence-corrected chi connectivity index (χ2v) is 9.38. The van der Waals surface area contributed by atoms with E-state index in [2.05, 4.69) is 6.92 Å². The highest BCUT2D eigenvalue weighted by Gasteiger charge is 2.68. The monoisotopic (exact) mass is 396 g/mol. The first kappa shape index (κ1) is 20.7. The molecule has 0 aromatic rings. The van der Waals surface area contributed by atoms with E-state index >= 15 is 0 Å². The summed E-state index contributed by atoms with van der Waals surface area (Å²) < 4.78 is 0. The second kappa shape index (κ2) is 6.50. The first-order chi connectivity index (χ1) is 12.2. The Morgan fingerprint density at radius 2 is 1.89 bits per heavy atom. The maximum absolute atomic E-state index is 13.3. The molecule has 0 aromatic carbocycles. The van der Waals surface area contributed by atoms with Crippen LogP contribution in [0.2, 0.25) is 0 Å². The molecule has 6 atom stereocenters. The van der Waals surface area contributed by atoms with Crippen LogP contribution in [0.3, 0.4) is 0 Å². The van der Waals surface area contributed by atoms with Crippen molar-refractivity contribution in [2.75, 3.05) is 6.61 Å². The number of aliphatic hydroxyl groups is 2. The van der Waals surface area contributed by atoms with Gasteiger partial charge in [0, 0.05) is 24.2 Å². The first-order valence-electron chi connectivity index (χ1n) is 9.80. The molecule has 5 nitrogen and oxygen atoms in total. The number of hydrogen-bond donors (Lipinski definition) is 2. The van der Waals surface area contributed by atoms with Gasteiger partial charge < -0.3 is 10.2 Å². The summed E-state index contributed by atoms with van der Waals surface area (Å²) in [6, 6.07) is 0. The number of aliphatic hydroxyl groups excluding tert-OH is 1. The number of rotatable bonds is 2. The van der Waals surface area contributed by atoms with Crippen molar-refractivity contribution in [3.63, 3.8) is 0 Å². The summed E-state index contributed by atoms with van der Waals surface area (Å²) in [5, 5.41) is 20.5. The molecular formula is C21H29ClO5. The van der Waals surface area contributed by atoms with Crippen molar-refractivity contribution in [2.24, 2.45) is 28.6 Å². The smallest absolute Gasteiger partial charge is 0.190 e. The van der Waals surface area contributed by atoms with E-state index in [-0.39, 0.29) is 53.6 Å². The average Bonchev–Trinajstić information content (AvgIpc) is 2.86. The van der Waals surface area contributed by atoms with Gasteiger partial charge >= 0.3 is 0 Å². The molecule has 3 fully saturated rings. The first-order valence-corrected chi connectivity index (χ1v) is 9.80. The molecule has 0 spiro atoms. The fourth-order valence-electron chi connectivity index (χ4n) is 6.98. The molecule has 3 saturated carbocycles. The number of hydrogen-bond acceptors (Lipinski definition) is 5. The van der Waals surface area contributed by atoms with Crippen molar-refractivity contribution >= 4 is 29.8 Å². The summed E-state index contributed by atoms with van der Waals surface area (Å²) >= 11 is 0. The summed E-state index contributed by atoms with van der Waals surface area (Å²) in [5.41, 5.74) is -1.55. The highest BCUT2D eigenvalue weighted by Crippen LogP contribution is 2.66. The molecule has 2 N–H and O–H groups in total. The van der Waals surface area contributed by atoms with E-state index in [4.69, 9.17) is 0 Å². The van der Waals surface area contributed by atoms with E-state index in [0.29, 0.717) is 25.7 Å². The van der Waals surface area contributed by atoms with Crippen molar-refractivity contribution in [3.05, 3.63) is 11.6 Å². The Labute approximate surface area is 166 Å². The Morgan fingerprint density at radius 1 is 1.19 bits per heavy atom. The summed E-state index contributed by atoms with van der Waals surface area (Å²) in [5.74, 6) is -0.172. The average molecular weight is 397 g/mol. The van der Waals surface area contributed by atoms with Gasteiger partial charge in [0.05, 0.1) is 0 Å². The molecule has 0 bridgehead atoms. The molecule has 0 heterocycles. The van der Waals surface area contributed by atoms with Crippen LogP contribution < -0.4 is 0 Å². The number of ketones is 3. The van der Waals surface area contributed by atoms with E-state index in [9.17, 15) is 24.6 Å². The largest absolute Gasteiger partial charge is 0.388 e. The van der Waals surface area contributed by atoms with Gasteiger partial charge in [0.25, 0.3) is 0 Å². The number of carbonyl (C=O) groups is 3. The lowest BCUT2D eigenvalue weighted by atomic mass is 9.46. The third kappa shape index (κ3) is 2.54. The molecule has 150 valence electrons. The van der Waals surface area contributed by atoms with Gasteiger partial charge in [-0.05, 0) is 55.4 Å². The van der Waals surface area contributed by atoms with Crippen LogP contribution in [0, 0.1) is 28.6 Å².